The summed E-state index contributed by atoms with van der Waals surface area (Å²) in [5, 5.41) is 3.61. The molecule has 0 fully saturated rings. The van der Waals surface area contributed by atoms with E-state index in [-0.39, 0.29) is 5.78 Å². The van der Waals surface area contributed by atoms with Crippen molar-refractivity contribution in [1.29, 1.82) is 0 Å². The van der Waals surface area contributed by atoms with Crippen LogP contribution in [0.2, 0.25) is 0 Å². The minimum atomic E-state index is 0.0731. The molecule has 0 saturated carbocycles. The molecule has 3 nitrogen and oxygen atoms in total. The van der Waals surface area contributed by atoms with Crippen LogP contribution in [-0.4, -0.2) is 10.9 Å². The first kappa shape index (κ1) is 12.9. The van der Waals surface area contributed by atoms with Gasteiger partial charge in [-0.3, -0.25) is 4.79 Å². The number of hydrogen-bond donors (Lipinski definition) is 0. The molecule has 1 aromatic heterocycles. The zero-order valence-electron chi connectivity index (χ0n) is 10.7. The van der Waals surface area contributed by atoms with Crippen molar-refractivity contribution >= 4 is 5.78 Å². The van der Waals surface area contributed by atoms with E-state index >= 15 is 0 Å². The molecule has 0 atom stereocenters. The number of hydrogen-bond acceptors (Lipinski definition) is 3. The van der Waals surface area contributed by atoms with Gasteiger partial charge in [-0.05, 0) is 25.2 Å². The van der Waals surface area contributed by atoms with Gasteiger partial charge >= 0.3 is 0 Å². The molecule has 0 bridgehead atoms. The fourth-order valence-electron chi connectivity index (χ4n) is 1.61. The van der Waals surface area contributed by atoms with E-state index in [1.165, 1.54) is 0 Å². The maximum Gasteiger partial charge on any atom is 0.205 e. The average Bonchev–Trinajstić information content (AvgIpc) is 2.57. The number of nitrogens with zero attached hydrogens (tertiary/aromatic N) is 1. The van der Waals surface area contributed by atoms with Gasteiger partial charge in [-0.1, -0.05) is 32.3 Å². The number of aryl methyl sites for hydroxylation is 1. The average molecular weight is 223 g/mol. The van der Waals surface area contributed by atoms with Crippen molar-refractivity contribution in [1.82, 2.24) is 5.16 Å². The maximum absolute atomic E-state index is 11.7. The molecule has 0 aliphatic carbocycles. The Morgan fingerprint density at radius 2 is 2.06 bits per heavy atom. The molecule has 0 saturated heterocycles. The predicted octanol–water partition coefficient (Wildman–Crippen LogP) is 3.77. The molecule has 1 heterocycles. The predicted molar refractivity (Wildman–Crippen MR) is 63.5 cm³/mol. The van der Waals surface area contributed by atoms with E-state index in [1.54, 1.807) is 6.20 Å². The number of rotatable bonds is 5. The highest BCUT2D eigenvalue weighted by molar-refractivity contribution is 5.94. The van der Waals surface area contributed by atoms with E-state index in [9.17, 15) is 4.79 Å². The van der Waals surface area contributed by atoms with Crippen LogP contribution >= 0.6 is 0 Å². The molecule has 0 radical (unpaired) electrons. The Morgan fingerprint density at radius 3 is 2.56 bits per heavy atom. The van der Waals surface area contributed by atoms with Crippen LogP contribution in [0.3, 0.4) is 0 Å². The lowest BCUT2D eigenvalue weighted by molar-refractivity contribution is 0.0941. The fraction of sp³-hybridized carbons (Fsp3) is 0.692. The summed E-state index contributed by atoms with van der Waals surface area (Å²) >= 11 is 0. The highest BCUT2D eigenvalue weighted by Crippen LogP contribution is 2.22. The second-order valence-electron chi connectivity index (χ2n) is 5.53. The van der Waals surface area contributed by atoms with Gasteiger partial charge in [0.15, 0.2) is 0 Å². The topological polar surface area (TPSA) is 43.1 Å². The van der Waals surface area contributed by atoms with E-state index in [0.29, 0.717) is 17.6 Å². The molecular formula is C13H21NO2. The van der Waals surface area contributed by atoms with Crippen LogP contribution in [0.1, 0.15) is 62.6 Å². The summed E-state index contributed by atoms with van der Waals surface area (Å²) in [5.74, 6) is 0.500. The van der Waals surface area contributed by atoms with Crippen LogP contribution in [0.25, 0.3) is 0 Å². The highest BCUT2D eigenvalue weighted by atomic mass is 16.5. The molecule has 0 amide bonds. The van der Waals surface area contributed by atoms with E-state index in [2.05, 4.69) is 25.9 Å². The zero-order valence-corrected chi connectivity index (χ0v) is 10.7. The summed E-state index contributed by atoms with van der Waals surface area (Å²) in [6.45, 7) is 8.50. The number of unbranched alkanes of at least 4 members (excludes halogenated alkanes) is 1. The van der Waals surface area contributed by atoms with E-state index in [1.807, 2.05) is 6.92 Å². The minimum absolute atomic E-state index is 0.0731. The Kier molecular flexibility index (Phi) is 4.27. The molecule has 0 N–H and O–H groups in total. The second-order valence-corrected chi connectivity index (χ2v) is 5.53. The van der Waals surface area contributed by atoms with Crippen LogP contribution in [0, 0.1) is 12.3 Å². The van der Waals surface area contributed by atoms with Gasteiger partial charge in [0.25, 0.3) is 0 Å². The smallest absolute Gasteiger partial charge is 0.205 e. The third-order valence-electron chi connectivity index (χ3n) is 2.58. The Labute approximate surface area is 97.2 Å². The summed E-state index contributed by atoms with van der Waals surface area (Å²) in [4.78, 5) is 11.7. The van der Waals surface area contributed by atoms with Gasteiger partial charge in [0.2, 0.25) is 11.5 Å². The lowest BCUT2D eigenvalue weighted by Crippen LogP contribution is -2.05. The second kappa shape index (κ2) is 5.28. The van der Waals surface area contributed by atoms with E-state index < -0.39 is 0 Å². The summed E-state index contributed by atoms with van der Waals surface area (Å²) in [5.41, 5.74) is 1.19. The third kappa shape index (κ3) is 4.17. The largest absolute Gasteiger partial charge is 0.353 e. The minimum Gasteiger partial charge on any atom is -0.353 e. The van der Waals surface area contributed by atoms with Crippen molar-refractivity contribution in [2.75, 3.05) is 0 Å². The molecule has 1 aromatic rings. The van der Waals surface area contributed by atoms with Crippen molar-refractivity contribution in [3.8, 4) is 0 Å². The maximum atomic E-state index is 11.7. The Morgan fingerprint density at radius 1 is 1.38 bits per heavy atom. The van der Waals surface area contributed by atoms with Gasteiger partial charge in [-0.25, -0.2) is 0 Å². The van der Waals surface area contributed by atoms with E-state index in [4.69, 9.17) is 4.52 Å². The van der Waals surface area contributed by atoms with Gasteiger partial charge < -0.3 is 4.52 Å². The molecule has 0 aromatic carbocycles. The van der Waals surface area contributed by atoms with Gasteiger partial charge in [0, 0.05) is 12.0 Å². The van der Waals surface area contributed by atoms with Crippen LogP contribution in [0.4, 0.5) is 0 Å². The quantitative estimate of drug-likeness (QED) is 0.563. The molecule has 16 heavy (non-hydrogen) atoms. The SMILES string of the molecule is Cc1cnoc1C(=O)CCCCC(C)(C)C. The first-order valence-corrected chi connectivity index (χ1v) is 5.84. The number of carbonyl (C=O) groups is 1. The van der Waals surface area contributed by atoms with Crippen molar-refractivity contribution in [2.45, 2.75) is 53.4 Å². The van der Waals surface area contributed by atoms with Crippen molar-refractivity contribution < 1.29 is 9.32 Å². The normalized spacial score (nSPS) is 11.8. The summed E-state index contributed by atoms with van der Waals surface area (Å²) < 4.78 is 4.92. The number of ketones is 1. The monoisotopic (exact) mass is 223 g/mol. The van der Waals surface area contributed by atoms with Crippen LogP contribution in [-0.2, 0) is 0 Å². The van der Waals surface area contributed by atoms with Crippen LogP contribution in [0.15, 0.2) is 10.7 Å². The molecule has 0 aliphatic rings. The van der Waals surface area contributed by atoms with Crippen molar-refractivity contribution in [2.24, 2.45) is 5.41 Å². The highest BCUT2D eigenvalue weighted by Gasteiger charge is 2.14. The number of carbonyl (C=O) groups excluding carboxylic acids is 1. The Bertz CT molecular complexity index is 347. The molecule has 1 rings (SSSR count). The molecule has 0 unspecified atom stereocenters. The lowest BCUT2D eigenvalue weighted by atomic mass is 9.89. The summed E-state index contributed by atoms with van der Waals surface area (Å²) in [6, 6.07) is 0. The fourth-order valence-corrected chi connectivity index (χ4v) is 1.61. The standard InChI is InChI=1S/C13H21NO2/c1-10-9-14-16-12(10)11(15)7-5-6-8-13(2,3)4/h9H,5-8H2,1-4H3. The number of aromatic nitrogens is 1. The Hall–Kier alpha value is -1.12. The summed E-state index contributed by atoms with van der Waals surface area (Å²) in [7, 11) is 0. The first-order valence-electron chi connectivity index (χ1n) is 5.84. The van der Waals surface area contributed by atoms with Crippen LogP contribution in [0.5, 0.6) is 0 Å². The van der Waals surface area contributed by atoms with Gasteiger partial charge in [0.1, 0.15) is 0 Å². The van der Waals surface area contributed by atoms with Crippen molar-refractivity contribution in [3.05, 3.63) is 17.5 Å². The first-order chi connectivity index (χ1) is 7.40. The Balaban J connectivity index is 2.29. The van der Waals surface area contributed by atoms with E-state index in [0.717, 1.165) is 24.8 Å². The lowest BCUT2D eigenvalue weighted by Gasteiger charge is -2.17. The molecule has 0 spiro atoms. The van der Waals surface area contributed by atoms with Gasteiger partial charge in [-0.15, -0.1) is 0 Å². The zero-order chi connectivity index (χ0) is 12.2. The molecule has 0 aliphatic heterocycles. The van der Waals surface area contributed by atoms with Crippen molar-refractivity contribution in [3.63, 3.8) is 0 Å². The molecule has 3 heteroatoms. The molecule has 90 valence electrons. The van der Waals surface area contributed by atoms with Gasteiger partial charge in [0.05, 0.1) is 6.20 Å². The number of Topliss-reactive ketones (excluding diaryl/α,β-unsaturated/α-hetero) is 1. The van der Waals surface area contributed by atoms with Gasteiger partial charge in [-0.2, -0.15) is 0 Å². The third-order valence-corrected chi connectivity index (χ3v) is 2.58. The van der Waals surface area contributed by atoms with Crippen LogP contribution < -0.4 is 0 Å². The molecular weight excluding hydrogens is 202 g/mol. The summed E-state index contributed by atoms with van der Waals surface area (Å²) in [6.07, 6.45) is 5.31.